The van der Waals surface area contributed by atoms with Gasteiger partial charge in [0.25, 0.3) is 0 Å². The minimum atomic E-state index is -0.0372. The lowest BCUT2D eigenvalue weighted by Crippen LogP contribution is -2.14. The summed E-state index contributed by atoms with van der Waals surface area (Å²) in [4.78, 5) is 4.56. The van der Waals surface area contributed by atoms with Gasteiger partial charge in [-0.2, -0.15) is 0 Å². The molecule has 0 amide bonds. The van der Waals surface area contributed by atoms with Crippen molar-refractivity contribution in [2.24, 2.45) is 10.7 Å². The highest BCUT2D eigenvalue weighted by Gasteiger charge is 2.04. The van der Waals surface area contributed by atoms with E-state index >= 15 is 0 Å². The Morgan fingerprint density at radius 2 is 1.56 bits per heavy atom. The van der Waals surface area contributed by atoms with Gasteiger partial charge >= 0.3 is 0 Å². The van der Waals surface area contributed by atoms with Gasteiger partial charge in [-0.15, -0.1) is 0 Å². The zero-order chi connectivity index (χ0) is 12.8. The van der Waals surface area contributed by atoms with Crippen molar-refractivity contribution in [3.05, 3.63) is 71.8 Å². The van der Waals surface area contributed by atoms with E-state index in [2.05, 4.69) is 17.1 Å². The predicted molar refractivity (Wildman–Crippen MR) is 76.9 cm³/mol. The highest BCUT2D eigenvalue weighted by atomic mass is 14.8. The average molecular weight is 238 g/mol. The summed E-state index contributed by atoms with van der Waals surface area (Å²) < 4.78 is 0. The normalized spacial score (nSPS) is 13.3. The first kappa shape index (κ1) is 12.5. The molecule has 2 nitrogen and oxygen atoms in total. The first-order chi connectivity index (χ1) is 8.77. The van der Waals surface area contributed by atoms with Gasteiger partial charge in [0, 0.05) is 11.8 Å². The molecule has 0 aliphatic carbocycles. The second kappa shape index (κ2) is 6.12. The zero-order valence-electron chi connectivity index (χ0n) is 10.6. The molecule has 2 N–H and O–H groups in total. The van der Waals surface area contributed by atoms with E-state index < -0.39 is 0 Å². The van der Waals surface area contributed by atoms with Crippen molar-refractivity contribution < 1.29 is 0 Å². The molecule has 0 spiro atoms. The van der Waals surface area contributed by atoms with E-state index in [0.29, 0.717) is 6.54 Å². The fourth-order valence-electron chi connectivity index (χ4n) is 1.81. The summed E-state index contributed by atoms with van der Waals surface area (Å²) in [5, 5.41) is 0. The topological polar surface area (TPSA) is 38.4 Å². The van der Waals surface area contributed by atoms with Gasteiger partial charge in [-0.05, 0) is 18.1 Å². The molecule has 18 heavy (non-hydrogen) atoms. The lowest BCUT2D eigenvalue weighted by atomic mass is 10.1. The fourth-order valence-corrected chi connectivity index (χ4v) is 1.81. The molecule has 2 heteroatoms. The second-order valence-corrected chi connectivity index (χ2v) is 4.31. The molecule has 0 aliphatic heterocycles. The summed E-state index contributed by atoms with van der Waals surface area (Å²) in [7, 11) is 0. The van der Waals surface area contributed by atoms with Crippen LogP contribution < -0.4 is 5.73 Å². The Bertz CT molecular complexity index is 503. The third kappa shape index (κ3) is 3.28. The predicted octanol–water partition coefficient (Wildman–Crippen LogP) is 3.20. The van der Waals surface area contributed by atoms with Gasteiger partial charge in [-0.3, -0.25) is 4.99 Å². The van der Waals surface area contributed by atoms with E-state index in [1.807, 2.05) is 55.5 Å². The Morgan fingerprint density at radius 1 is 1.00 bits per heavy atom. The van der Waals surface area contributed by atoms with Crippen molar-refractivity contribution in [3.8, 4) is 0 Å². The van der Waals surface area contributed by atoms with Crippen molar-refractivity contribution in [3.63, 3.8) is 0 Å². The average Bonchev–Trinajstić information content (AvgIpc) is 2.46. The number of nitrogens with two attached hydrogens (primary N) is 1. The molecule has 0 radical (unpaired) electrons. The first-order valence-corrected chi connectivity index (χ1v) is 6.14. The maximum Gasteiger partial charge on any atom is 0.0586 e. The minimum Gasteiger partial charge on any atom is -0.322 e. The number of nitrogens with zero attached hydrogens (tertiary/aromatic N) is 1. The third-order valence-electron chi connectivity index (χ3n) is 2.94. The largest absolute Gasteiger partial charge is 0.322 e. The minimum absolute atomic E-state index is 0.0372. The molecule has 1 atom stereocenters. The van der Waals surface area contributed by atoms with Gasteiger partial charge in [0.2, 0.25) is 0 Å². The summed E-state index contributed by atoms with van der Waals surface area (Å²) in [6.07, 6.45) is 0. The Morgan fingerprint density at radius 3 is 2.17 bits per heavy atom. The van der Waals surface area contributed by atoms with Crippen molar-refractivity contribution in [1.82, 2.24) is 0 Å². The summed E-state index contributed by atoms with van der Waals surface area (Å²) in [5.41, 5.74) is 9.42. The second-order valence-electron chi connectivity index (χ2n) is 4.31. The fraction of sp³-hybridized carbons (Fsp3) is 0.188. The lowest BCUT2D eigenvalue weighted by molar-refractivity contribution is 0.738. The molecule has 0 bridgehead atoms. The number of hydrogen-bond acceptors (Lipinski definition) is 2. The van der Waals surface area contributed by atoms with E-state index in [0.717, 1.165) is 16.8 Å². The molecule has 0 aromatic heterocycles. The van der Waals surface area contributed by atoms with E-state index in [1.165, 1.54) is 0 Å². The molecule has 2 aromatic rings. The van der Waals surface area contributed by atoms with Crippen molar-refractivity contribution in [2.45, 2.75) is 13.0 Å². The van der Waals surface area contributed by atoms with Crippen LogP contribution in [0.5, 0.6) is 0 Å². The summed E-state index contributed by atoms with van der Waals surface area (Å²) in [6, 6.07) is 20.2. The Kier molecular flexibility index (Phi) is 4.26. The van der Waals surface area contributed by atoms with Crippen LogP contribution in [0.4, 0.5) is 0 Å². The molecule has 0 heterocycles. The Balaban J connectivity index is 2.03. The quantitative estimate of drug-likeness (QED) is 0.816. The van der Waals surface area contributed by atoms with Crippen molar-refractivity contribution in [2.75, 3.05) is 6.54 Å². The summed E-state index contributed by atoms with van der Waals surface area (Å²) in [6.45, 7) is 2.64. The Hall–Kier alpha value is -1.93. The number of hydrogen-bond donors (Lipinski definition) is 1. The van der Waals surface area contributed by atoms with Crippen LogP contribution in [0.1, 0.15) is 24.1 Å². The van der Waals surface area contributed by atoms with E-state index in [9.17, 15) is 0 Å². The molecule has 2 aromatic carbocycles. The first-order valence-electron chi connectivity index (χ1n) is 6.14. The molecule has 0 saturated carbocycles. The number of aliphatic imine (C=N–C) groups is 1. The summed E-state index contributed by atoms with van der Waals surface area (Å²) in [5.74, 6) is 0. The SMILES string of the molecule is CC(=NC[C@H](N)c1ccccc1)c1ccccc1. The van der Waals surface area contributed by atoms with Crippen LogP contribution in [0.3, 0.4) is 0 Å². The maximum atomic E-state index is 6.11. The van der Waals surface area contributed by atoms with Crippen LogP contribution in [0.15, 0.2) is 65.7 Å². The van der Waals surface area contributed by atoms with Crippen molar-refractivity contribution >= 4 is 5.71 Å². The Labute approximate surface area is 108 Å². The molecule has 0 fully saturated rings. The molecular formula is C16H18N2. The molecule has 0 unspecified atom stereocenters. The van der Waals surface area contributed by atoms with Gasteiger partial charge < -0.3 is 5.73 Å². The van der Waals surface area contributed by atoms with Crippen LogP contribution in [0.2, 0.25) is 0 Å². The summed E-state index contributed by atoms with van der Waals surface area (Å²) >= 11 is 0. The van der Waals surface area contributed by atoms with E-state index in [-0.39, 0.29) is 6.04 Å². The lowest BCUT2D eigenvalue weighted by Gasteiger charge is -2.09. The molecule has 92 valence electrons. The van der Waals surface area contributed by atoms with Crippen LogP contribution in [0.25, 0.3) is 0 Å². The third-order valence-corrected chi connectivity index (χ3v) is 2.94. The monoisotopic (exact) mass is 238 g/mol. The van der Waals surface area contributed by atoms with E-state index in [1.54, 1.807) is 0 Å². The van der Waals surface area contributed by atoms with Gasteiger partial charge in [0.05, 0.1) is 6.54 Å². The molecule has 0 aliphatic rings. The van der Waals surface area contributed by atoms with Gasteiger partial charge in [0.15, 0.2) is 0 Å². The zero-order valence-corrected chi connectivity index (χ0v) is 10.6. The molecular weight excluding hydrogens is 220 g/mol. The van der Waals surface area contributed by atoms with Crippen LogP contribution in [0, 0.1) is 0 Å². The van der Waals surface area contributed by atoms with Crippen LogP contribution in [-0.4, -0.2) is 12.3 Å². The maximum absolute atomic E-state index is 6.11. The highest BCUT2D eigenvalue weighted by Crippen LogP contribution is 2.10. The van der Waals surface area contributed by atoms with Crippen LogP contribution in [-0.2, 0) is 0 Å². The van der Waals surface area contributed by atoms with Gasteiger partial charge in [0.1, 0.15) is 0 Å². The van der Waals surface area contributed by atoms with Crippen LogP contribution >= 0.6 is 0 Å². The standard InChI is InChI=1S/C16H18N2/c1-13(14-8-4-2-5-9-14)18-12-16(17)15-10-6-3-7-11-15/h2-11,16H,12,17H2,1H3/t16-/m0/s1. The molecule has 2 rings (SSSR count). The van der Waals surface area contributed by atoms with Gasteiger partial charge in [-0.25, -0.2) is 0 Å². The molecule has 0 saturated heterocycles. The highest BCUT2D eigenvalue weighted by molar-refractivity contribution is 5.98. The number of rotatable bonds is 4. The van der Waals surface area contributed by atoms with Gasteiger partial charge in [-0.1, -0.05) is 60.7 Å². The number of benzene rings is 2. The smallest absolute Gasteiger partial charge is 0.0586 e. The van der Waals surface area contributed by atoms with Crippen molar-refractivity contribution in [1.29, 1.82) is 0 Å². The van der Waals surface area contributed by atoms with E-state index in [4.69, 9.17) is 5.73 Å².